The molecule has 0 spiro atoms. The van der Waals surface area contributed by atoms with Gasteiger partial charge in [-0.25, -0.2) is 0 Å². The van der Waals surface area contributed by atoms with Gasteiger partial charge in [-0.2, -0.15) is 0 Å². The van der Waals surface area contributed by atoms with Crippen molar-refractivity contribution in [1.82, 2.24) is 10.6 Å². The molecule has 0 saturated carbocycles. The smallest absolute Gasteiger partial charge is 0.234 e. The first kappa shape index (κ1) is 13.4. The number of aliphatic hydroxyl groups excluding tert-OH is 2. The Morgan fingerprint density at radius 1 is 1.43 bits per heavy atom. The third kappa shape index (κ3) is 7.97. The van der Waals surface area contributed by atoms with Crippen LogP contribution in [0.4, 0.5) is 0 Å². The van der Waals surface area contributed by atoms with Gasteiger partial charge in [-0.05, 0) is 20.8 Å². The first-order chi connectivity index (χ1) is 6.35. The van der Waals surface area contributed by atoms with Gasteiger partial charge in [-0.3, -0.25) is 4.79 Å². The minimum atomic E-state index is -0.881. The van der Waals surface area contributed by atoms with Crippen LogP contribution in [-0.2, 0) is 4.79 Å². The lowest BCUT2D eigenvalue weighted by molar-refractivity contribution is -0.121. The third-order valence-corrected chi connectivity index (χ3v) is 1.52. The highest BCUT2D eigenvalue weighted by Gasteiger charge is 2.11. The van der Waals surface area contributed by atoms with Crippen molar-refractivity contribution in [2.24, 2.45) is 0 Å². The van der Waals surface area contributed by atoms with E-state index >= 15 is 0 Å². The highest BCUT2D eigenvalue weighted by Crippen LogP contribution is 1.96. The van der Waals surface area contributed by atoms with Crippen LogP contribution in [0.1, 0.15) is 20.8 Å². The van der Waals surface area contributed by atoms with Crippen LogP contribution in [0.3, 0.4) is 0 Å². The predicted octanol–water partition coefficient (Wildman–Crippen LogP) is -1.16. The van der Waals surface area contributed by atoms with Gasteiger partial charge in [0.15, 0.2) is 0 Å². The van der Waals surface area contributed by atoms with Crippen LogP contribution in [-0.4, -0.2) is 47.5 Å². The van der Waals surface area contributed by atoms with Crippen LogP contribution in [0, 0.1) is 0 Å². The Balaban J connectivity index is 3.57. The maximum absolute atomic E-state index is 11.1. The van der Waals surface area contributed by atoms with E-state index in [1.54, 1.807) is 0 Å². The Labute approximate surface area is 84.5 Å². The van der Waals surface area contributed by atoms with Crippen LogP contribution in [0.15, 0.2) is 0 Å². The molecule has 14 heavy (non-hydrogen) atoms. The van der Waals surface area contributed by atoms with E-state index < -0.39 is 6.10 Å². The average Bonchev–Trinajstić information content (AvgIpc) is 2.09. The minimum Gasteiger partial charge on any atom is -0.394 e. The van der Waals surface area contributed by atoms with E-state index in [0.29, 0.717) is 0 Å². The summed E-state index contributed by atoms with van der Waals surface area (Å²) in [5.74, 6) is -0.188. The van der Waals surface area contributed by atoms with Crippen molar-refractivity contribution in [3.63, 3.8) is 0 Å². The van der Waals surface area contributed by atoms with Gasteiger partial charge in [0.1, 0.15) is 0 Å². The monoisotopic (exact) mass is 204 g/mol. The molecule has 0 fully saturated rings. The molecule has 4 N–H and O–H groups in total. The van der Waals surface area contributed by atoms with Crippen molar-refractivity contribution in [1.29, 1.82) is 0 Å². The number of aliphatic hydroxyl groups is 2. The van der Waals surface area contributed by atoms with Crippen molar-refractivity contribution < 1.29 is 15.0 Å². The van der Waals surface area contributed by atoms with Gasteiger partial charge in [0, 0.05) is 12.1 Å². The van der Waals surface area contributed by atoms with Gasteiger partial charge in [-0.15, -0.1) is 0 Å². The zero-order chi connectivity index (χ0) is 11.2. The van der Waals surface area contributed by atoms with Gasteiger partial charge in [0.25, 0.3) is 0 Å². The molecule has 0 aromatic rings. The molecule has 0 heterocycles. The summed E-state index contributed by atoms with van der Waals surface area (Å²) in [5.41, 5.74) is -0.104. The third-order valence-electron chi connectivity index (χ3n) is 1.52. The number of amides is 1. The van der Waals surface area contributed by atoms with Crippen LogP contribution in [0.5, 0.6) is 0 Å². The minimum absolute atomic E-state index is 0.0845. The van der Waals surface area contributed by atoms with Crippen molar-refractivity contribution >= 4 is 5.91 Å². The molecule has 0 aliphatic rings. The van der Waals surface area contributed by atoms with Gasteiger partial charge in [0.05, 0.1) is 19.3 Å². The second-order valence-electron chi connectivity index (χ2n) is 4.24. The lowest BCUT2D eigenvalue weighted by atomic mass is 10.1. The molecule has 1 amide bonds. The fourth-order valence-corrected chi connectivity index (χ4v) is 0.704. The Bertz CT molecular complexity index is 177. The SMILES string of the molecule is CC(C)(C)NCC(=O)NCC(O)CO. The Morgan fingerprint density at radius 2 is 2.00 bits per heavy atom. The molecule has 0 aliphatic carbocycles. The summed E-state index contributed by atoms with van der Waals surface area (Å²) in [7, 11) is 0. The molecule has 5 heteroatoms. The highest BCUT2D eigenvalue weighted by atomic mass is 16.3. The molecular weight excluding hydrogens is 184 g/mol. The van der Waals surface area contributed by atoms with E-state index in [4.69, 9.17) is 10.2 Å². The van der Waals surface area contributed by atoms with Crippen LogP contribution in [0.2, 0.25) is 0 Å². The lowest BCUT2D eigenvalue weighted by Crippen LogP contribution is -2.45. The second-order valence-corrected chi connectivity index (χ2v) is 4.24. The quantitative estimate of drug-likeness (QED) is 0.455. The lowest BCUT2D eigenvalue weighted by Gasteiger charge is -2.20. The predicted molar refractivity (Wildman–Crippen MR) is 53.9 cm³/mol. The number of nitrogens with one attached hydrogen (secondary N) is 2. The fraction of sp³-hybridized carbons (Fsp3) is 0.889. The standard InChI is InChI=1S/C9H20N2O3/c1-9(2,3)11-5-8(14)10-4-7(13)6-12/h7,11-13H,4-6H2,1-3H3,(H,10,14). The first-order valence-electron chi connectivity index (χ1n) is 4.66. The topological polar surface area (TPSA) is 81.6 Å². The average molecular weight is 204 g/mol. The Hall–Kier alpha value is -0.650. The van der Waals surface area contributed by atoms with Crippen molar-refractivity contribution in [3.05, 3.63) is 0 Å². The highest BCUT2D eigenvalue weighted by molar-refractivity contribution is 5.78. The van der Waals surface area contributed by atoms with Crippen LogP contribution in [0.25, 0.3) is 0 Å². The van der Waals surface area contributed by atoms with Gasteiger partial charge < -0.3 is 20.8 Å². The van der Waals surface area contributed by atoms with Crippen LogP contribution < -0.4 is 10.6 Å². The van der Waals surface area contributed by atoms with Crippen LogP contribution >= 0.6 is 0 Å². The molecular formula is C9H20N2O3. The molecule has 1 unspecified atom stereocenters. The summed E-state index contributed by atoms with van der Waals surface area (Å²) in [6, 6.07) is 0. The molecule has 84 valence electrons. The van der Waals surface area contributed by atoms with Gasteiger partial charge in [-0.1, -0.05) is 0 Å². The number of hydrogen-bond donors (Lipinski definition) is 4. The molecule has 0 radical (unpaired) electrons. The summed E-state index contributed by atoms with van der Waals surface area (Å²) >= 11 is 0. The van der Waals surface area contributed by atoms with E-state index in [2.05, 4.69) is 10.6 Å². The second kappa shape index (κ2) is 5.95. The summed E-state index contributed by atoms with van der Waals surface area (Å²) in [4.78, 5) is 11.1. The zero-order valence-electron chi connectivity index (χ0n) is 9.00. The summed E-state index contributed by atoms with van der Waals surface area (Å²) in [6.45, 7) is 5.84. The normalized spacial score (nSPS) is 13.8. The largest absolute Gasteiger partial charge is 0.394 e. The number of carbonyl (C=O) groups is 1. The molecule has 0 saturated heterocycles. The Morgan fingerprint density at radius 3 is 2.43 bits per heavy atom. The maximum atomic E-state index is 11.1. The maximum Gasteiger partial charge on any atom is 0.234 e. The first-order valence-corrected chi connectivity index (χ1v) is 4.66. The van der Waals surface area contributed by atoms with E-state index in [1.165, 1.54) is 0 Å². The molecule has 1 atom stereocenters. The summed E-state index contributed by atoms with van der Waals surface area (Å²) in [5, 5.41) is 22.9. The molecule has 0 rings (SSSR count). The van der Waals surface area contributed by atoms with E-state index in [9.17, 15) is 4.79 Å². The van der Waals surface area contributed by atoms with Crippen molar-refractivity contribution in [2.75, 3.05) is 19.7 Å². The number of rotatable bonds is 5. The van der Waals surface area contributed by atoms with E-state index in [-0.39, 0.29) is 31.1 Å². The molecule has 0 aromatic carbocycles. The summed E-state index contributed by atoms with van der Waals surface area (Å²) in [6.07, 6.45) is -0.881. The van der Waals surface area contributed by atoms with Gasteiger partial charge in [0.2, 0.25) is 5.91 Å². The summed E-state index contributed by atoms with van der Waals surface area (Å²) < 4.78 is 0. The van der Waals surface area contributed by atoms with E-state index in [1.807, 2.05) is 20.8 Å². The van der Waals surface area contributed by atoms with Gasteiger partial charge >= 0.3 is 0 Å². The fourth-order valence-electron chi connectivity index (χ4n) is 0.704. The number of hydrogen-bond acceptors (Lipinski definition) is 4. The van der Waals surface area contributed by atoms with E-state index in [0.717, 1.165) is 0 Å². The molecule has 0 aromatic heterocycles. The molecule has 0 bridgehead atoms. The molecule has 0 aliphatic heterocycles. The zero-order valence-corrected chi connectivity index (χ0v) is 9.00. The Kier molecular flexibility index (Phi) is 5.68. The van der Waals surface area contributed by atoms with Crippen molar-refractivity contribution in [3.8, 4) is 0 Å². The number of carbonyl (C=O) groups excluding carboxylic acids is 1. The molecule has 5 nitrogen and oxygen atoms in total. The van der Waals surface area contributed by atoms with Crippen molar-refractivity contribution in [2.45, 2.75) is 32.4 Å².